The molecule has 0 bridgehead atoms. The summed E-state index contributed by atoms with van der Waals surface area (Å²) in [4.78, 5) is 2.44. The molecule has 0 spiro atoms. The number of hydrogen-bond donors (Lipinski definition) is 1. The van der Waals surface area contributed by atoms with E-state index in [0.29, 0.717) is 0 Å². The van der Waals surface area contributed by atoms with E-state index >= 15 is 0 Å². The second-order valence-corrected chi connectivity index (χ2v) is 6.02. The average Bonchev–Trinajstić information content (AvgIpc) is 2.44. The van der Waals surface area contributed by atoms with E-state index in [1.807, 2.05) is 19.9 Å². The zero-order valence-electron chi connectivity index (χ0n) is 13.4. The number of hydrogen-bond acceptors (Lipinski definition) is 4. The minimum absolute atomic E-state index is 0.171. The SMILES string of the molecule is COCCN1CCCC(N)C1c1cccc(OC(C)C)c1. The Labute approximate surface area is 128 Å². The average molecular weight is 292 g/mol. The van der Waals surface area contributed by atoms with Crippen molar-refractivity contribution in [3.63, 3.8) is 0 Å². The summed E-state index contributed by atoms with van der Waals surface area (Å²) in [6, 6.07) is 8.79. The van der Waals surface area contributed by atoms with Crippen LogP contribution in [0.1, 0.15) is 38.3 Å². The summed E-state index contributed by atoms with van der Waals surface area (Å²) in [7, 11) is 1.75. The lowest BCUT2D eigenvalue weighted by molar-refractivity contribution is 0.0846. The van der Waals surface area contributed by atoms with Crippen molar-refractivity contribution in [3.8, 4) is 5.75 Å². The van der Waals surface area contributed by atoms with E-state index in [-0.39, 0.29) is 18.2 Å². The van der Waals surface area contributed by atoms with Gasteiger partial charge in [-0.25, -0.2) is 0 Å². The zero-order valence-corrected chi connectivity index (χ0v) is 13.4. The molecular formula is C17H28N2O2. The van der Waals surface area contributed by atoms with Gasteiger partial charge in [-0.2, -0.15) is 0 Å². The van der Waals surface area contributed by atoms with Crippen LogP contribution in [0.2, 0.25) is 0 Å². The van der Waals surface area contributed by atoms with Crippen LogP contribution in [-0.2, 0) is 4.74 Å². The van der Waals surface area contributed by atoms with Gasteiger partial charge in [-0.3, -0.25) is 4.90 Å². The number of ether oxygens (including phenoxy) is 2. The highest BCUT2D eigenvalue weighted by Gasteiger charge is 2.30. The summed E-state index contributed by atoms with van der Waals surface area (Å²) in [6.45, 7) is 6.83. The molecule has 0 amide bonds. The molecule has 1 aromatic rings. The molecule has 1 aliphatic heterocycles. The Kier molecular flexibility index (Phi) is 6.03. The number of rotatable bonds is 6. The lowest BCUT2D eigenvalue weighted by Gasteiger charge is -2.40. The molecule has 4 nitrogen and oxygen atoms in total. The maximum atomic E-state index is 6.40. The van der Waals surface area contributed by atoms with Crippen LogP contribution >= 0.6 is 0 Å². The summed E-state index contributed by atoms with van der Waals surface area (Å²) < 4.78 is 11.0. The summed E-state index contributed by atoms with van der Waals surface area (Å²) in [6.07, 6.45) is 2.41. The van der Waals surface area contributed by atoms with Crippen molar-refractivity contribution < 1.29 is 9.47 Å². The van der Waals surface area contributed by atoms with Crippen LogP contribution in [-0.4, -0.2) is 43.9 Å². The molecule has 2 atom stereocenters. The number of benzene rings is 1. The molecule has 4 heteroatoms. The zero-order chi connectivity index (χ0) is 15.2. The van der Waals surface area contributed by atoms with Crippen LogP contribution in [0.3, 0.4) is 0 Å². The highest BCUT2D eigenvalue weighted by molar-refractivity contribution is 5.32. The first-order valence-corrected chi connectivity index (χ1v) is 7.87. The molecule has 2 N–H and O–H groups in total. The fourth-order valence-corrected chi connectivity index (χ4v) is 3.06. The number of likely N-dealkylation sites (tertiary alicyclic amines) is 1. The van der Waals surface area contributed by atoms with Crippen molar-refractivity contribution in [2.75, 3.05) is 26.8 Å². The summed E-state index contributed by atoms with van der Waals surface area (Å²) in [5, 5.41) is 0. The van der Waals surface area contributed by atoms with E-state index in [2.05, 4.69) is 23.1 Å². The van der Waals surface area contributed by atoms with Crippen molar-refractivity contribution in [1.29, 1.82) is 0 Å². The van der Waals surface area contributed by atoms with Gasteiger partial charge in [-0.1, -0.05) is 12.1 Å². The highest BCUT2D eigenvalue weighted by Crippen LogP contribution is 2.31. The molecule has 2 rings (SSSR count). The Bertz CT molecular complexity index is 437. The number of nitrogens with two attached hydrogens (primary N) is 1. The fourth-order valence-electron chi connectivity index (χ4n) is 3.06. The van der Waals surface area contributed by atoms with Crippen molar-refractivity contribution in [1.82, 2.24) is 4.90 Å². The van der Waals surface area contributed by atoms with Crippen LogP contribution in [0.5, 0.6) is 5.75 Å². The van der Waals surface area contributed by atoms with Crippen molar-refractivity contribution >= 4 is 0 Å². The minimum atomic E-state index is 0.171. The van der Waals surface area contributed by atoms with E-state index < -0.39 is 0 Å². The largest absolute Gasteiger partial charge is 0.491 e. The molecule has 0 radical (unpaired) electrons. The van der Waals surface area contributed by atoms with Gasteiger partial charge in [0, 0.05) is 19.7 Å². The van der Waals surface area contributed by atoms with E-state index in [1.165, 1.54) is 5.56 Å². The molecule has 21 heavy (non-hydrogen) atoms. The van der Waals surface area contributed by atoms with Gasteiger partial charge in [-0.05, 0) is 50.9 Å². The molecule has 0 aromatic heterocycles. The van der Waals surface area contributed by atoms with Gasteiger partial charge in [0.05, 0.1) is 18.8 Å². The van der Waals surface area contributed by atoms with Crippen LogP contribution in [0.15, 0.2) is 24.3 Å². The Morgan fingerprint density at radius 3 is 2.90 bits per heavy atom. The van der Waals surface area contributed by atoms with E-state index in [9.17, 15) is 0 Å². The Balaban J connectivity index is 2.18. The molecule has 1 aliphatic rings. The lowest BCUT2D eigenvalue weighted by Crippen LogP contribution is -2.46. The van der Waals surface area contributed by atoms with Crippen LogP contribution < -0.4 is 10.5 Å². The first-order chi connectivity index (χ1) is 10.1. The molecule has 1 aromatic carbocycles. The van der Waals surface area contributed by atoms with Crippen LogP contribution in [0, 0.1) is 0 Å². The predicted octanol–water partition coefficient (Wildman–Crippen LogP) is 2.58. The number of methoxy groups -OCH3 is 1. The number of piperidine rings is 1. The van der Waals surface area contributed by atoms with Crippen molar-refractivity contribution in [3.05, 3.63) is 29.8 Å². The monoisotopic (exact) mass is 292 g/mol. The first-order valence-electron chi connectivity index (χ1n) is 7.87. The van der Waals surface area contributed by atoms with E-state index in [4.69, 9.17) is 15.2 Å². The van der Waals surface area contributed by atoms with E-state index in [1.54, 1.807) is 7.11 Å². The highest BCUT2D eigenvalue weighted by atomic mass is 16.5. The Hall–Kier alpha value is -1.10. The third-order valence-electron chi connectivity index (χ3n) is 3.94. The smallest absolute Gasteiger partial charge is 0.120 e. The summed E-state index contributed by atoms with van der Waals surface area (Å²) in [5.41, 5.74) is 7.65. The predicted molar refractivity (Wildman–Crippen MR) is 85.6 cm³/mol. The van der Waals surface area contributed by atoms with Gasteiger partial charge in [0.25, 0.3) is 0 Å². The van der Waals surface area contributed by atoms with E-state index in [0.717, 1.165) is 38.3 Å². The quantitative estimate of drug-likeness (QED) is 0.875. The lowest BCUT2D eigenvalue weighted by atomic mass is 9.91. The van der Waals surface area contributed by atoms with Gasteiger partial charge in [0.2, 0.25) is 0 Å². The first kappa shape index (κ1) is 16.3. The molecule has 1 saturated heterocycles. The second-order valence-electron chi connectivity index (χ2n) is 6.02. The van der Waals surface area contributed by atoms with Crippen molar-refractivity contribution in [2.45, 2.75) is 44.9 Å². The van der Waals surface area contributed by atoms with Crippen LogP contribution in [0.4, 0.5) is 0 Å². The molecule has 0 saturated carbocycles. The van der Waals surface area contributed by atoms with Crippen LogP contribution in [0.25, 0.3) is 0 Å². The summed E-state index contributed by atoms with van der Waals surface area (Å²) in [5.74, 6) is 0.923. The standard InChI is InChI=1S/C17H28N2O2/c1-13(2)21-15-7-4-6-14(12-15)17-16(18)8-5-9-19(17)10-11-20-3/h4,6-7,12-13,16-17H,5,8-11,18H2,1-3H3. The third-order valence-corrected chi connectivity index (χ3v) is 3.94. The normalized spacial score (nSPS) is 23.5. The van der Waals surface area contributed by atoms with Gasteiger partial charge < -0.3 is 15.2 Å². The van der Waals surface area contributed by atoms with Gasteiger partial charge in [0.15, 0.2) is 0 Å². The molecule has 0 aliphatic carbocycles. The second kappa shape index (κ2) is 7.78. The van der Waals surface area contributed by atoms with Gasteiger partial charge in [0.1, 0.15) is 5.75 Å². The summed E-state index contributed by atoms with van der Waals surface area (Å²) >= 11 is 0. The maximum absolute atomic E-state index is 6.40. The molecule has 1 fully saturated rings. The topological polar surface area (TPSA) is 47.7 Å². The van der Waals surface area contributed by atoms with Gasteiger partial charge >= 0.3 is 0 Å². The number of nitrogens with zero attached hydrogens (tertiary/aromatic N) is 1. The van der Waals surface area contributed by atoms with Gasteiger partial charge in [-0.15, -0.1) is 0 Å². The Morgan fingerprint density at radius 2 is 2.19 bits per heavy atom. The maximum Gasteiger partial charge on any atom is 0.120 e. The van der Waals surface area contributed by atoms with Crippen molar-refractivity contribution in [2.24, 2.45) is 5.73 Å². The molecular weight excluding hydrogens is 264 g/mol. The molecule has 1 heterocycles. The fraction of sp³-hybridized carbons (Fsp3) is 0.647. The Morgan fingerprint density at radius 1 is 1.38 bits per heavy atom. The third kappa shape index (κ3) is 4.43. The molecule has 2 unspecified atom stereocenters. The minimum Gasteiger partial charge on any atom is -0.491 e. The molecule has 118 valence electrons.